The Hall–Kier alpha value is -3.46. The van der Waals surface area contributed by atoms with Crippen LogP contribution in [0.1, 0.15) is 37.8 Å². The second kappa shape index (κ2) is 15.3. The van der Waals surface area contributed by atoms with Crippen LogP contribution in [0.3, 0.4) is 0 Å². The van der Waals surface area contributed by atoms with E-state index >= 15 is 0 Å². The maximum Gasteiger partial charge on any atom is 0.338 e. The molecule has 3 rings (SSSR count). The van der Waals surface area contributed by atoms with E-state index in [1.807, 2.05) is 13.8 Å². The molecule has 3 atom stereocenters. The third-order valence-corrected chi connectivity index (χ3v) is 8.24. The molecule has 236 valence electrons. The van der Waals surface area contributed by atoms with Gasteiger partial charge >= 0.3 is 16.1 Å². The number of rotatable bonds is 13. The van der Waals surface area contributed by atoms with Crippen molar-refractivity contribution in [3.8, 4) is 5.75 Å². The van der Waals surface area contributed by atoms with Crippen molar-refractivity contribution in [3.05, 3.63) is 64.4 Å². The van der Waals surface area contributed by atoms with E-state index in [-0.39, 0.29) is 65.7 Å². The molecular formula is C28H38ClFN6O6S. The topological polar surface area (TPSA) is 184 Å². The van der Waals surface area contributed by atoms with Crippen LogP contribution >= 0.6 is 11.6 Å². The molecule has 2 aromatic rings. The predicted molar refractivity (Wildman–Crippen MR) is 161 cm³/mol. The number of amides is 1. The van der Waals surface area contributed by atoms with Crippen LogP contribution in [0, 0.1) is 5.82 Å². The zero-order chi connectivity index (χ0) is 31.7. The fourth-order valence-electron chi connectivity index (χ4n) is 4.66. The van der Waals surface area contributed by atoms with E-state index in [0.29, 0.717) is 26.1 Å². The molecule has 43 heavy (non-hydrogen) atoms. The number of piperazine rings is 1. The van der Waals surface area contributed by atoms with Crippen molar-refractivity contribution < 1.29 is 31.3 Å². The summed E-state index contributed by atoms with van der Waals surface area (Å²) in [6.07, 6.45) is 0.450. The highest BCUT2D eigenvalue weighted by molar-refractivity contribution is 7.86. The predicted octanol–water partition coefficient (Wildman–Crippen LogP) is 1.73. The third kappa shape index (κ3) is 10.6. The Balaban J connectivity index is 1.57. The molecule has 0 bridgehead atoms. The van der Waals surface area contributed by atoms with Gasteiger partial charge in [-0.2, -0.15) is 8.42 Å². The minimum atomic E-state index is -4.43. The number of hydrogen-bond donors (Lipinski definition) is 3. The fraction of sp³-hybridized carbons (Fsp3) is 0.464. The zero-order valence-electron chi connectivity index (χ0n) is 24.1. The van der Waals surface area contributed by atoms with E-state index in [9.17, 15) is 22.4 Å². The second-order valence-electron chi connectivity index (χ2n) is 10.5. The molecule has 12 nitrogen and oxygen atoms in total. The van der Waals surface area contributed by atoms with Crippen LogP contribution in [0.2, 0.25) is 5.02 Å². The number of benzene rings is 2. The minimum absolute atomic E-state index is 0.0361. The molecule has 0 spiro atoms. The molecule has 1 heterocycles. The van der Waals surface area contributed by atoms with Gasteiger partial charge in [0.25, 0.3) is 5.91 Å². The van der Waals surface area contributed by atoms with Gasteiger partial charge in [-0.15, -0.1) is 0 Å². The Kier molecular flexibility index (Phi) is 12.1. The Morgan fingerprint density at radius 3 is 2.49 bits per heavy atom. The molecule has 0 radical (unpaired) electrons. The smallest absolute Gasteiger partial charge is 0.338 e. The number of carbonyl (C=O) groups excluding carboxylic acids is 2. The van der Waals surface area contributed by atoms with Crippen LogP contribution in [0.25, 0.3) is 0 Å². The first-order valence-corrected chi connectivity index (χ1v) is 15.7. The lowest BCUT2D eigenvalue weighted by molar-refractivity contribution is -0.139. The maximum atomic E-state index is 13.3. The number of halogens is 2. The molecule has 0 aromatic heterocycles. The van der Waals surface area contributed by atoms with Crippen LogP contribution in [-0.2, 0) is 36.2 Å². The van der Waals surface area contributed by atoms with E-state index in [4.69, 9.17) is 37.7 Å². The van der Waals surface area contributed by atoms with Crippen LogP contribution in [0.5, 0.6) is 5.75 Å². The molecule has 1 saturated heterocycles. The molecule has 15 heteroatoms. The summed E-state index contributed by atoms with van der Waals surface area (Å²) >= 11 is 6.09. The van der Waals surface area contributed by atoms with Crippen LogP contribution in [-0.4, -0.2) is 80.4 Å². The lowest BCUT2D eigenvalue weighted by Crippen LogP contribution is -2.58. The highest BCUT2D eigenvalue weighted by Gasteiger charge is 2.32. The second-order valence-corrected chi connectivity index (χ2v) is 12.5. The first-order chi connectivity index (χ1) is 20.2. The van der Waals surface area contributed by atoms with Gasteiger partial charge in [-0.25, -0.2) is 9.18 Å². The van der Waals surface area contributed by atoms with E-state index in [0.717, 1.165) is 5.56 Å². The van der Waals surface area contributed by atoms with Crippen molar-refractivity contribution in [1.82, 2.24) is 9.80 Å². The highest BCUT2D eigenvalue weighted by atomic mass is 35.5. The van der Waals surface area contributed by atoms with Crippen LogP contribution < -0.4 is 21.9 Å². The van der Waals surface area contributed by atoms with Gasteiger partial charge in [0, 0.05) is 48.8 Å². The summed E-state index contributed by atoms with van der Waals surface area (Å²) in [6.45, 7) is 5.51. The van der Waals surface area contributed by atoms with Crippen molar-refractivity contribution in [2.45, 2.75) is 57.1 Å². The average Bonchev–Trinajstić information content (AvgIpc) is 2.92. The molecule has 0 aliphatic carbocycles. The minimum Gasteiger partial charge on any atom is -0.483 e. The van der Waals surface area contributed by atoms with Gasteiger partial charge in [0.2, 0.25) is 0 Å². The molecule has 1 aliphatic heterocycles. The van der Waals surface area contributed by atoms with Gasteiger partial charge in [-0.05, 0) is 62.6 Å². The summed E-state index contributed by atoms with van der Waals surface area (Å²) in [7, 11) is -4.43. The Morgan fingerprint density at radius 2 is 1.81 bits per heavy atom. The molecule has 1 aliphatic rings. The number of nitrogens with zero attached hydrogens (tertiary/aromatic N) is 3. The molecule has 1 amide bonds. The van der Waals surface area contributed by atoms with Gasteiger partial charge < -0.3 is 31.0 Å². The monoisotopic (exact) mass is 640 g/mol. The normalized spacial score (nSPS) is 18.1. The van der Waals surface area contributed by atoms with E-state index < -0.39 is 27.9 Å². The van der Waals surface area contributed by atoms with E-state index in [1.54, 1.807) is 17.0 Å². The Labute approximate surface area is 256 Å². The summed E-state index contributed by atoms with van der Waals surface area (Å²) in [5.41, 5.74) is 17.3. The van der Waals surface area contributed by atoms with Crippen molar-refractivity contribution in [2.24, 2.45) is 22.2 Å². The first kappa shape index (κ1) is 34.0. The van der Waals surface area contributed by atoms with Gasteiger partial charge in [-0.1, -0.05) is 23.7 Å². The van der Waals surface area contributed by atoms with Gasteiger partial charge in [0.05, 0.1) is 0 Å². The molecule has 0 saturated carbocycles. The Morgan fingerprint density at radius 1 is 1.12 bits per heavy atom. The summed E-state index contributed by atoms with van der Waals surface area (Å²) in [6, 6.07) is 9.36. The lowest BCUT2D eigenvalue weighted by Gasteiger charge is -2.44. The van der Waals surface area contributed by atoms with E-state index in [1.165, 1.54) is 30.3 Å². The number of nitrogens with two attached hydrogens (primary N) is 3. The van der Waals surface area contributed by atoms with Crippen LogP contribution in [0.15, 0.2) is 47.5 Å². The SMILES string of the molecule is C[C@@H]1CN(Cc2ccc(F)cc2)[C@@H](C)CN1C(=O)COc1ccc(Cl)cc1CS(=O)(=O)OC(=O)[C@@H](N)CCCN=C(N)N. The summed E-state index contributed by atoms with van der Waals surface area (Å²) in [4.78, 5) is 33.1. The quantitative estimate of drug-likeness (QED) is 0.126. The largest absolute Gasteiger partial charge is 0.483 e. The first-order valence-electron chi connectivity index (χ1n) is 13.7. The molecule has 6 N–H and O–H groups in total. The van der Waals surface area contributed by atoms with Crippen LogP contribution in [0.4, 0.5) is 4.39 Å². The van der Waals surface area contributed by atoms with Crippen molar-refractivity contribution in [3.63, 3.8) is 0 Å². The van der Waals surface area contributed by atoms with E-state index in [2.05, 4.69) is 9.89 Å². The Bertz CT molecular complexity index is 1410. The molecule has 0 unspecified atom stereocenters. The number of aliphatic imine (C=N–C) groups is 1. The van der Waals surface area contributed by atoms with Crippen molar-refractivity contribution >= 4 is 39.6 Å². The lowest BCUT2D eigenvalue weighted by atomic mass is 10.1. The number of carbonyl (C=O) groups is 2. The van der Waals surface area contributed by atoms with Crippen molar-refractivity contribution in [1.29, 1.82) is 0 Å². The van der Waals surface area contributed by atoms with Gasteiger partial charge in [0.1, 0.15) is 23.4 Å². The molecular weight excluding hydrogens is 603 g/mol. The van der Waals surface area contributed by atoms with Crippen molar-refractivity contribution in [2.75, 3.05) is 26.2 Å². The summed E-state index contributed by atoms with van der Waals surface area (Å²) in [5, 5.41) is 0.228. The number of ether oxygens (including phenoxy) is 1. The molecule has 2 aromatic carbocycles. The average molecular weight is 641 g/mol. The molecule has 1 fully saturated rings. The maximum absolute atomic E-state index is 13.3. The fourth-order valence-corrected chi connectivity index (χ4v) is 5.89. The summed E-state index contributed by atoms with van der Waals surface area (Å²) < 4.78 is 49.1. The number of hydrogen-bond acceptors (Lipinski definition) is 9. The number of guanidine groups is 1. The zero-order valence-corrected chi connectivity index (χ0v) is 25.7. The van der Waals surface area contributed by atoms with Gasteiger partial charge in [-0.3, -0.25) is 14.7 Å². The highest BCUT2D eigenvalue weighted by Crippen LogP contribution is 2.26. The summed E-state index contributed by atoms with van der Waals surface area (Å²) in [5.74, 6) is -2.42. The third-order valence-electron chi connectivity index (χ3n) is 6.92. The standard InChI is InChI=1S/C28H38ClFN6O6S/c1-18-14-36(19(2)13-35(18)15-20-5-8-23(30)9-6-20)26(37)16-41-25-10-7-22(29)12-21(25)17-43(39,40)42-27(38)24(31)4-3-11-34-28(32)33/h5-10,12,18-19,24H,3-4,11,13-17,31H2,1-2H3,(H4,32,33,34)/t18-,19+,24-/m0/s1. The van der Waals surface area contributed by atoms with Gasteiger partial charge in [0.15, 0.2) is 12.6 Å².